The molecule has 3 aromatic carbocycles. The molecule has 0 aliphatic heterocycles. The Bertz CT molecular complexity index is 887. The van der Waals surface area contributed by atoms with Crippen LogP contribution in [0.4, 0.5) is 0 Å². The molecule has 0 aromatic heterocycles. The van der Waals surface area contributed by atoms with Crippen molar-refractivity contribution in [3.05, 3.63) is 88.5 Å². The molecule has 2 atom stereocenters. The van der Waals surface area contributed by atoms with Crippen LogP contribution < -0.4 is 0 Å². The molecule has 28 heavy (non-hydrogen) atoms. The predicted molar refractivity (Wildman–Crippen MR) is 113 cm³/mol. The van der Waals surface area contributed by atoms with Crippen molar-refractivity contribution in [3.63, 3.8) is 0 Å². The van der Waals surface area contributed by atoms with Crippen molar-refractivity contribution in [1.82, 2.24) is 0 Å². The van der Waals surface area contributed by atoms with E-state index in [4.69, 9.17) is 0 Å². The molecular weight excluding hydrogens is 348 g/mol. The van der Waals surface area contributed by atoms with Gasteiger partial charge in [0.05, 0.1) is 0 Å². The molecule has 0 spiro atoms. The third-order valence-corrected chi connectivity index (χ3v) is 5.40. The molecule has 0 heterocycles. The highest BCUT2D eigenvalue weighted by atomic mass is 16.3. The summed E-state index contributed by atoms with van der Waals surface area (Å²) < 4.78 is 0. The van der Waals surface area contributed by atoms with Gasteiger partial charge in [0.2, 0.25) is 0 Å². The fourth-order valence-corrected chi connectivity index (χ4v) is 3.93. The van der Waals surface area contributed by atoms with Gasteiger partial charge < -0.3 is 15.3 Å². The van der Waals surface area contributed by atoms with E-state index in [1.165, 1.54) is 0 Å². The molecule has 0 fully saturated rings. The third kappa shape index (κ3) is 4.30. The minimum absolute atomic E-state index is 0.0809. The van der Waals surface area contributed by atoms with Gasteiger partial charge in [0.1, 0.15) is 17.2 Å². The van der Waals surface area contributed by atoms with Crippen LogP contribution in [-0.4, -0.2) is 15.3 Å². The number of hydrogen-bond acceptors (Lipinski definition) is 3. The van der Waals surface area contributed by atoms with Gasteiger partial charge in [-0.3, -0.25) is 0 Å². The van der Waals surface area contributed by atoms with E-state index in [1.54, 1.807) is 12.1 Å². The fourth-order valence-electron chi connectivity index (χ4n) is 3.93. The maximum absolute atomic E-state index is 10.9. The molecule has 3 heteroatoms. The molecule has 0 bridgehead atoms. The minimum Gasteiger partial charge on any atom is -0.508 e. The first-order valence-corrected chi connectivity index (χ1v) is 9.74. The van der Waals surface area contributed by atoms with Gasteiger partial charge in [-0.1, -0.05) is 67.9 Å². The van der Waals surface area contributed by atoms with E-state index < -0.39 is 0 Å². The lowest BCUT2D eigenvalue weighted by Crippen LogP contribution is -2.04. The van der Waals surface area contributed by atoms with Crippen LogP contribution in [0.5, 0.6) is 17.2 Å². The Morgan fingerprint density at radius 1 is 0.679 bits per heavy atom. The van der Waals surface area contributed by atoms with Gasteiger partial charge >= 0.3 is 0 Å². The zero-order chi connectivity index (χ0) is 20.3. The van der Waals surface area contributed by atoms with Gasteiger partial charge in [-0.25, -0.2) is 0 Å². The fraction of sp³-hybridized carbons (Fsp3) is 0.280. The molecule has 3 rings (SSSR count). The average molecular weight is 376 g/mol. The summed E-state index contributed by atoms with van der Waals surface area (Å²) in [5.74, 6) is 1.05. The van der Waals surface area contributed by atoms with Crippen LogP contribution in [0.3, 0.4) is 0 Å². The number of hydrogen-bond donors (Lipinski definition) is 3. The van der Waals surface area contributed by atoms with Crippen LogP contribution >= 0.6 is 0 Å². The molecule has 0 radical (unpaired) electrons. The normalized spacial score (nSPS) is 13.2. The maximum Gasteiger partial charge on any atom is 0.122 e. The monoisotopic (exact) mass is 376 g/mol. The van der Waals surface area contributed by atoms with Crippen molar-refractivity contribution in [2.45, 2.75) is 45.4 Å². The smallest absolute Gasteiger partial charge is 0.122 e. The lowest BCUT2D eigenvalue weighted by atomic mass is 9.87. The second-order valence-electron chi connectivity index (χ2n) is 7.76. The maximum atomic E-state index is 10.9. The van der Waals surface area contributed by atoms with E-state index in [-0.39, 0.29) is 23.3 Å². The summed E-state index contributed by atoms with van der Waals surface area (Å²) in [5.41, 5.74) is 4.63. The van der Waals surface area contributed by atoms with Crippen LogP contribution in [0, 0.1) is 6.92 Å². The van der Waals surface area contributed by atoms with Crippen molar-refractivity contribution >= 4 is 0 Å². The van der Waals surface area contributed by atoms with Crippen LogP contribution in [0.25, 0.3) is 0 Å². The van der Waals surface area contributed by atoms with Gasteiger partial charge in [0, 0.05) is 0 Å². The summed E-state index contributed by atoms with van der Waals surface area (Å²) in [6, 6.07) is 18.7. The Labute approximate surface area is 166 Å². The Kier molecular flexibility index (Phi) is 5.93. The highest BCUT2D eigenvalue weighted by molar-refractivity contribution is 5.47. The standard InChI is InChI=1S/C25H28O3/c1-16-12-19(14-17(2)21-8-4-6-10-23(21)26)25(28)20(13-16)15-18(3)22-9-5-7-11-24(22)27/h4-13,17-18,26-28H,14-15H2,1-3H3. The second kappa shape index (κ2) is 8.39. The van der Waals surface area contributed by atoms with Gasteiger partial charge in [-0.2, -0.15) is 0 Å². The predicted octanol–water partition coefficient (Wildman–Crippen LogP) is 5.80. The minimum atomic E-state index is 0.0809. The molecule has 3 aromatic rings. The number of aromatic hydroxyl groups is 3. The van der Waals surface area contributed by atoms with E-state index in [2.05, 4.69) is 13.8 Å². The van der Waals surface area contributed by atoms with E-state index >= 15 is 0 Å². The van der Waals surface area contributed by atoms with Gasteiger partial charge in [-0.15, -0.1) is 0 Å². The van der Waals surface area contributed by atoms with Gasteiger partial charge in [-0.05, 0) is 66.0 Å². The zero-order valence-electron chi connectivity index (χ0n) is 16.7. The van der Waals surface area contributed by atoms with Gasteiger partial charge in [0.25, 0.3) is 0 Å². The molecule has 2 unspecified atom stereocenters. The van der Waals surface area contributed by atoms with E-state index in [0.29, 0.717) is 18.6 Å². The van der Waals surface area contributed by atoms with Crippen LogP contribution in [0.1, 0.15) is 53.5 Å². The molecule has 0 saturated heterocycles. The Morgan fingerprint density at radius 2 is 1.07 bits per heavy atom. The summed E-state index contributed by atoms with van der Waals surface area (Å²) in [6.45, 7) is 6.14. The molecule has 0 saturated carbocycles. The summed E-state index contributed by atoms with van der Waals surface area (Å²) in [6.07, 6.45) is 1.28. The first-order valence-electron chi connectivity index (χ1n) is 9.74. The van der Waals surface area contributed by atoms with E-state index in [9.17, 15) is 15.3 Å². The van der Waals surface area contributed by atoms with Crippen molar-refractivity contribution in [2.75, 3.05) is 0 Å². The molecular formula is C25H28O3. The summed E-state index contributed by atoms with van der Waals surface area (Å²) in [4.78, 5) is 0. The molecule has 0 aliphatic carbocycles. The number of phenolic OH excluding ortho intramolecular Hbond substituents is 3. The lowest BCUT2D eigenvalue weighted by molar-refractivity contribution is 0.447. The third-order valence-electron chi connectivity index (χ3n) is 5.40. The Hall–Kier alpha value is -2.94. The first kappa shape index (κ1) is 19.8. The lowest BCUT2D eigenvalue weighted by Gasteiger charge is -2.19. The number of rotatable bonds is 6. The number of para-hydroxylation sites is 2. The van der Waals surface area contributed by atoms with Gasteiger partial charge in [0.15, 0.2) is 0 Å². The molecule has 3 nitrogen and oxygen atoms in total. The van der Waals surface area contributed by atoms with Crippen molar-refractivity contribution in [3.8, 4) is 17.2 Å². The molecule has 0 amide bonds. The summed E-state index contributed by atoms with van der Waals surface area (Å²) in [5, 5.41) is 31.2. The second-order valence-corrected chi connectivity index (χ2v) is 7.76. The number of aryl methyl sites for hydroxylation is 1. The SMILES string of the molecule is Cc1cc(CC(C)c2ccccc2O)c(O)c(CC(C)c2ccccc2O)c1. The number of phenols is 3. The van der Waals surface area contributed by atoms with Crippen molar-refractivity contribution in [2.24, 2.45) is 0 Å². The zero-order valence-corrected chi connectivity index (χ0v) is 16.7. The van der Waals surface area contributed by atoms with Crippen molar-refractivity contribution in [1.29, 1.82) is 0 Å². The Balaban J connectivity index is 1.86. The van der Waals surface area contributed by atoms with E-state index in [0.717, 1.165) is 27.8 Å². The van der Waals surface area contributed by atoms with Crippen LogP contribution in [-0.2, 0) is 12.8 Å². The average Bonchev–Trinajstić information content (AvgIpc) is 2.66. The number of benzene rings is 3. The molecule has 146 valence electrons. The summed E-state index contributed by atoms with van der Waals surface area (Å²) in [7, 11) is 0. The van der Waals surface area contributed by atoms with Crippen LogP contribution in [0.2, 0.25) is 0 Å². The Morgan fingerprint density at radius 3 is 1.46 bits per heavy atom. The summed E-state index contributed by atoms with van der Waals surface area (Å²) >= 11 is 0. The quantitative estimate of drug-likeness (QED) is 0.509. The first-order chi connectivity index (χ1) is 13.4. The molecule has 3 N–H and O–H groups in total. The highest BCUT2D eigenvalue weighted by Crippen LogP contribution is 2.36. The topological polar surface area (TPSA) is 60.7 Å². The van der Waals surface area contributed by atoms with Crippen molar-refractivity contribution < 1.29 is 15.3 Å². The largest absolute Gasteiger partial charge is 0.508 e. The van der Waals surface area contributed by atoms with E-state index in [1.807, 2.05) is 55.5 Å². The molecule has 0 aliphatic rings. The highest BCUT2D eigenvalue weighted by Gasteiger charge is 2.18. The van der Waals surface area contributed by atoms with Crippen LogP contribution in [0.15, 0.2) is 60.7 Å².